The smallest absolute Gasteiger partial charge is 0.217 e. The van der Waals surface area contributed by atoms with Crippen LogP contribution >= 0.6 is 0 Å². The molecule has 2 heterocycles. The highest BCUT2D eigenvalue weighted by Crippen LogP contribution is 2.39. The van der Waals surface area contributed by atoms with Gasteiger partial charge in [-0.2, -0.15) is 4.57 Å². The first-order valence-electron chi connectivity index (χ1n) is 9.36. The number of hydrogen-bond acceptors (Lipinski definition) is 1. The van der Waals surface area contributed by atoms with E-state index in [1.807, 2.05) is 6.07 Å². The van der Waals surface area contributed by atoms with Crippen LogP contribution < -0.4 is 4.57 Å². The Bertz CT molecular complexity index is 1360. The Kier molecular flexibility index (Phi) is 3.38. The topological polar surface area (TPSA) is 17.0 Å². The van der Waals surface area contributed by atoms with E-state index in [0.717, 1.165) is 11.2 Å². The maximum absolute atomic E-state index is 6.37. The van der Waals surface area contributed by atoms with Gasteiger partial charge in [-0.05, 0) is 55.7 Å². The first-order valence-corrected chi connectivity index (χ1v) is 9.36. The average Bonchev–Trinajstić information content (AvgIpc) is 3.04. The highest BCUT2D eigenvalue weighted by atomic mass is 16.3. The van der Waals surface area contributed by atoms with Crippen molar-refractivity contribution in [1.82, 2.24) is 0 Å². The second-order valence-electron chi connectivity index (χ2n) is 7.46. The summed E-state index contributed by atoms with van der Waals surface area (Å²) in [4.78, 5) is 0. The van der Waals surface area contributed by atoms with Crippen LogP contribution in [0.2, 0.25) is 0 Å². The van der Waals surface area contributed by atoms with Crippen LogP contribution in [0.3, 0.4) is 0 Å². The summed E-state index contributed by atoms with van der Waals surface area (Å²) in [7, 11) is 2.15. The van der Waals surface area contributed by atoms with Gasteiger partial charge in [0.25, 0.3) is 0 Å². The van der Waals surface area contributed by atoms with Gasteiger partial charge < -0.3 is 4.42 Å². The van der Waals surface area contributed by atoms with Crippen LogP contribution in [-0.2, 0) is 7.05 Å². The number of furan rings is 1. The molecule has 3 aromatic carbocycles. The lowest BCUT2D eigenvalue weighted by molar-refractivity contribution is -0.633. The van der Waals surface area contributed by atoms with E-state index in [1.165, 1.54) is 49.6 Å². The zero-order valence-electron chi connectivity index (χ0n) is 16.1. The fraction of sp³-hybridized carbons (Fsp3) is 0.160. The third-order valence-electron chi connectivity index (χ3n) is 5.85. The van der Waals surface area contributed by atoms with Gasteiger partial charge in [0.1, 0.15) is 18.2 Å². The molecule has 2 aromatic heterocycles. The quantitative estimate of drug-likeness (QED) is 0.330. The average molecular weight is 352 g/mol. The van der Waals surface area contributed by atoms with Gasteiger partial charge in [0.2, 0.25) is 11.2 Å². The van der Waals surface area contributed by atoms with Gasteiger partial charge >= 0.3 is 0 Å². The van der Waals surface area contributed by atoms with Crippen molar-refractivity contribution in [3.05, 3.63) is 77.4 Å². The van der Waals surface area contributed by atoms with Crippen molar-refractivity contribution in [2.45, 2.75) is 20.8 Å². The highest BCUT2D eigenvalue weighted by molar-refractivity contribution is 6.10. The molecule has 0 aliphatic rings. The number of hydrogen-bond donors (Lipinski definition) is 0. The van der Waals surface area contributed by atoms with Crippen LogP contribution in [-0.4, -0.2) is 0 Å². The largest absolute Gasteiger partial charge is 0.455 e. The van der Waals surface area contributed by atoms with Gasteiger partial charge in [-0.15, -0.1) is 0 Å². The molecule has 132 valence electrons. The minimum atomic E-state index is 0.943. The molecular formula is C25H22NO+. The summed E-state index contributed by atoms with van der Waals surface area (Å²) < 4.78 is 8.66. The van der Waals surface area contributed by atoms with Crippen molar-refractivity contribution >= 4 is 32.8 Å². The van der Waals surface area contributed by atoms with E-state index in [-0.39, 0.29) is 0 Å². The molecule has 0 N–H and O–H groups in total. The minimum absolute atomic E-state index is 0.943. The molecule has 27 heavy (non-hydrogen) atoms. The third-order valence-corrected chi connectivity index (χ3v) is 5.85. The predicted octanol–water partition coefficient (Wildman–Crippen LogP) is 6.16. The molecule has 0 spiro atoms. The molecule has 5 aromatic rings. The summed E-state index contributed by atoms with van der Waals surface area (Å²) in [5.74, 6) is 0. The molecule has 0 unspecified atom stereocenters. The number of aryl methyl sites for hydroxylation is 3. The molecule has 0 atom stereocenters. The van der Waals surface area contributed by atoms with Gasteiger partial charge in [0.05, 0.1) is 5.56 Å². The summed E-state index contributed by atoms with van der Waals surface area (Å²) in [5.41, 5.74) is 9.38. The fourth-order valence-corrected chi connectivity index (χ4v) is 4.24. The van der Waals surface area contributed by atoms with E-state index < -0.39 is 0 Å². The number of fused-ring (bicyclic) bond motifs is 4. The molecule has 0 aliphatic heterocycles. The fourth-order valence-electron chi connectivity index (χ4n) is 4.24. The maximum atomic E-state index is 6.37. The monoisotopic (exact) mass is 352 g/mol. The number of nitrogens with zero attached hydrogens (tertiary/aromatic N) is 1. The summed E-state index contributed by atoms with van der Waals surface area (Å²) in [6, 6.07) is 21.4. The van der Waals surface area contributed by atoms with Crippen molar-refractivity contribution in [3.8, 4) is 11.3 Å². The first kappa shape index (κ1) is 16.1. The number of para-hydroxylation sites is 2. The standard InChI is InChI=1S/C25H22NO/c1-15-13-20-19-10-6-8-12-23(19)27-25(20)24(17(15)3)22-14-16(2)18-9-5-7-11-21(18)26(22)4/h5-14H,1-4H3/q+1. The van der Waals surface area contributed by atoms with E-state index in [2.05, 4.69) is 87.0 Å². The van der Waals surface area contributed by atoms with Crippen LogP contribution in [0.5, 0.6) is 0 Å². The summed E-state index contributed by atoms with van der Waals surface area (Å²) in [6.07, 6.45) is 0. The van der Waals surface area contributed by atoms with Crippen molar-refractivity contribution in [3.63, 3.8) is 0 Å². The third kappa shape index (κ3) is 2.23. The second kappa shape index (κ2) is 5.68. The predicted molar refractivity (Wildman–Crippen MR) is 112 cm³/mol. The van der Waals surface area contributed by atoms with Gasteiger partial charge in [-0.3, -0.25) is 0 Å². The molecule has 0 aliphatic carbocycles. The molecule has 2 heteroatoms. The Morgan fingerprint density at radius 3 is 2.26 bits per heavy atom. The molecule has 5 rings (SSSR count). The van der Waals surface area contributed by atoms with Gasteiger partial charge in [-0.25, -0.2) is 0 Å². The maximum Gasteiger partial charge on any atom is 0.217 e. The van der Waals surface area contributed by atoms with Crippen molar-refractivity contribution < 1.29 is 8.98 Å². The normalized spacial score (nSPS) is 11.7. The molecule has 0 radical (unpaired) electrons. The number of rotatable bonds is 1. The molecule has 0 bridgehead atoms. The van der Waals surface area contributed by atoms with E-state index >= 15 is 0 Å². The first-order chi connectivity index (χ1) is 13.1. The molecule has 2 nitrogen and oxygen atoms in total. The van der Waals surface area contributed by atoms with Crippen molar-refractivity contribution in [2.24, 2.45) is 7.05 Å². The molecule has 0 fully saturated rings. The Balaban J connectivity index is 1.98. The van der Waals surface area contributed by atoms with Gasteiger partial charge in [-0.1, -0.05) is 30.3 Å². The lowest BCUT2D eigenvalue weighted by Crippen LogP contribution is -2.32. The van der Waals surface area contributed by atoms with E-state index in [1.54, 1.807) is 0 Å². The second-order valence-corrected chi connectivity index (χ2v) is 7.46. The highest BCUT2D eigenvalue weighted by Gasteiger charge is 2.24. The Labute approximate surface area is 158 Å². The van der Waals surface area contributed by atoms with Crippen molar-refractivity contribution in [1.29, 1.82) is 0 Å². The number of pyridine rings is 1. The number of aromatic nitrogens is 1. The van der Waals surface area contributed by atoms with Gasteiger partial charge in [0.15, 0.2) is 0 Å². The zero-order chi connectivity index (χ0) is 18.7. The Morgan fingerprint density at radius 2 is 1.44 bits per heavy atom. The molecular weight excluding hydrogens is 330 g/mol. The van der Waals surface area contributed by atoms with Gasteiger partial charge in [0, 0.05) is 28.3 Å². The minimum Gasteiger partial charge on any atom is -0.455 e. The van der Waals surface area contributed by atoms with Crippen LogP contribution in [0.1, 0.15) is 16.7 Å². The van der Waals surface area contributed by atoms with E-state index in [9.17, 15) is 0 Å². The summed E-state index contributed by atoms with van der Waals surface area (Å²) in [6.45, 7) is 6.57. The SMILES string of the molecule is Cc1cc2c(oc3ccccc32)c(-c2cc(C)c3ccccc3[n+]2C)c1C. The van der Waals surface area contributed by atoms with Crippen molar-refractivity contribution in [2.75, 3.05) is 0 Å². The molecule has 0 saturated heterocycles. The Hall–Kier alpha value is -3.13. The van der Waals surface area contributed by atoms with Crippen LogP contribution in [0.15, 0.2) is 65.1 Å². The zero-order valence-corrected chi connectivity index (χ0v) is 16.1. The lowest BCUT2D eigenvalue weighted by Gasteiger charge is -2.11. The molecule has 0 amide bonds. The summed E-state index contributed by atoms with van der Waals surface area (Å²) >= 11 is 0. The van der Waals surface area contributed by atoms with Crippen LogP contribution in [0.4, 0.5) is 0 Å². The number of benzene rings is 3. The molecule has 0 saturated carbocycles. The Morgan fingerprint density at radius 1 is 0.741 bits per heavy atom. The van der Waals surface area contributed by atoms with E-state index in [0.29, 0.717) is 0 Å². The van der Waals surface area contributed by atoms with Crippen LogP contribution in [0, 0.1) is 20.8 Å². The van der Waals surface area contributed by atoms with E-state index in [4.69, 9.17) is 4.42 Å². The lowest BCUT2D eigenvalue weighted by atomic mass is 9.95. The summed E-state index contributed by atoms with van der Waals surface area (Å²) in [5, 5.41) is 3.65. The van der Waals surface area contributed by atoms with Crippen LogP contribution in [0.25, 0.3) is 44.1 Å².